The Morgan fingerprint density at radius 1 is 1.46 bits per heavy atom. The first-order chi connectivity index (χ1) is 6.24. The summed E-state index contributed by atoms with van der Waals surface area (Å²) in [6, 6.07) is 0. The van der Waals surface area contributed by atoms with E-state index in [1.165, 1.54) is 5.57 Å². The van der Waals surface area contributed by atoms with Gasteiger partial charge in [-0.15, -0.1) is 6.58 Å². The molecule has 1 rings (SSSR count). The SMILES string of the molecule is C=CCCC[C@@H]1CC(=C)CCC1=O. The van der Waals surface area contributed by atoms with Gasteiger partial charge in [0.15, 0.2) is 0 Å². The van der Waals surface area contributed by atoms with Gasteiger partial charge in [-0.2, -0.15) is 0 Å². The molecule has 0 aromatic rings. The van der Waals surface area contributed by atoms with Crippen LogP contribution in [-0.4, -0.2) is 5.78 Å². The Balaban J connectivity index is 2.33. The van der Waals surface area contributed by atoms with E-state index >= 15 is 0 Å². The molecule has 0 heterocycles. The van der Waals surface area contributed by atoms with Crippen LogP contribution in [0.2, 0.25) is 0 Å². The smallest absolute Gasteiger partial charge is 0.136 e. The van der Waals surface area contributed by atoms with E-state index in [0.717, 1.165) is 38.5 Å². The molecular formula is C12H18O. The quantitative estimate of drug-likeness (QED) is 0.477. The van der Waals surface area contributed by atoms with Gasteiger partial charge in [0.25, 0.3) is 0 Å². The number of unbranched alkanes of at least 4 members (excludes halogenated alkanes) is 1. The van der Waals surface area contributed by atoms with Crippen molar-refractivity contribution in [2.24, 2.45) is 5.92 Å². The van der Waals surface area contributed by atoms with Crippen molar-refractivity contribution < 1.29 is 4.79 Å². The van der Waals surface area contributed by atoms with E-state index in [-0.39, 0.29) is 5.92 Å². The first kappa shape index (κ1) is 10.2. The highest BCUT2D eigenvalue weighted by Crippen LogP contribution is 2.28. The fraction of sp³-hybridized carbons (Fsp3) is 0.583. The molecule has 13 heavy (non-hydrogen) atoms. The Hall–Kier alpha value is -0.850. The van der Waals surface area contributed by atoms with Crippen molar-refractivity contribution in [3.63, 3.8) is 0 Å². The van der Waals surface area contributed by atoms with Crippen LogP contribution in [0, 0.1) is 5.92 Å². The summed E-state index contributed by atoms with van der Waals surface area (Å²) in [7, 11) is 0. The second kappa shape index (κ2) is 5.00. The molecule has 1 atom stereocenters. The molecule has 0 saturated heterocycles. The minimum absolute atomic E-state index is 0.265. The van der Waals surface area contributed by atoms with Crippen LogP contribution in [0.15, 0.2) is 24.8 Å². The molecule has 72 valence electrons. The summed E-state index contributed by atoms with van der Waals surface area (Å²) in [6.07, 6.45) is 7.61. The van der Waals surface area contributed by atoms with Crippen LogP contribution in [0.3, 0.4) is 0 Å². The Kier molecular flexibility index (Phi) is 3.94. The van der Waals surface area contributed by atoms with Gasteiger partial charge in [-0.25, -0.2) is 0 Å². The van der Waals surface area contributed by atoms with Gasteiger partial charge in [-0.3, -0.25) is 4.79 Å². The number of hydrogen-bond acceptors (Lipinski definition) is 1. The molecule has 0 N–H and O–H groups in total. The maximum absolute atomic E-state index is 11.5. The highest BCUT2D eigenvalue weighted by atomic mass is 16.1. The van der Waals surface area contributed by atoms with E-state index in [9.17, 15) is 4.79 Å². The number of hydrogen-bond donors (Lipinski definition) is 0. The molecule has 1 aliphatic rings. The van der Waals surface area contributed by atoms with Gasteiger partial charge in [-0.05, 0) is 32.1 Å². The Labute approximate surface area is 80.5 Å². The van der Waals surface area contributed by atoms with Crippen molar-refractivity contribution in [1.82, 2.24) is 0 Å². The average Bonchev–Trinajstić information content (AvgIpc) is 2.11. The lowest BCUT2D eigenvalue weighted by atomic mass is 9.82. The summed E-state index contributed by atoms with van der Waals surface area (Å²) >= 11 is 0. The van der Waals surface area contributed by atoms with Crippen molar-refractivity contribution in [3.05, 3.63) is 24.8 Å². The van der Waals surface area contributed by atoms with Gasteiger partial charge >= 0.3 is 0 Å². The zero-order chi connectivity index (χ0) is 9.68. The average molecular weight is 178 g/mol. The van der Waals surface area contributed by atoms with Crippen molar-refractivity contribution in [2.75, 3.05) is 0 Å². The van der Waals surface area contributed by atoms with Crippen LogP contribution < -0.4 is 0 Å². The summed E-state index contributed by atoms with van der Waals surface area (Å²) in [5.41, 5.74) is 1.25. The molecule has 0 bridgehead atoms. The van der Waals surface area contributed by atoms with Crippen LogP contribution in [-0.2, 0) is 4.79 Å². The monoisotopic (exact) mass is 178 g/mol. The summed E-state index contributed by atoms with van der Waals surface area (Å²) in [6.45, 7) is 7.63. The van der Waals surface area contributed by atoms with Crippen molar-refractivity contribution >= 4 is 5.78 Å². The molecule has 0 amide bonds. The van der Waals surface area contributed by atoms with E-state index in [1.54, 1.807) is 0 Å². The molecule has 0 aromatic heterocycles. The third-order valence-corrected chi connectivity index (χ3v) is 2.68. The lowest BCUT2D eigenvalue weighted by molar-refractivity contribution is -0.123. The fourth-order valence-electron chi connectivity index (χ4n) is 1.84. The maximum atomic E-state index is 11.5. The number of carbonyl (C=O) groups excluding carboxylic acids is 1. The van der Waals surface area contributed by atoms with Gasteiger partial charge in [0.1, 0.15) is 5.78 Å². The number of carbonyl (C=O) groups is 1. The van der Waals surface area contributed by atoms with E-state index in [0.29, 0.717) is 5.78 Å². The zero-order valence-electron chi connectivity index (χ0n) is 8.22. The molecule has 1 saturated carbocycles. The second-order valence-corrected chi connectivity index (χ2v) is 3.84. The first-order valence-electron chi connectivity index (χ1n) is 5.04. The summed E-state index contributed by atoms with van der Waals surface area (Å²) in [5.74, 6) is 0.706. The highest BCUT2D eigenvalue weighted by molar-refractivity contribution is 5.82. The molecule has 1 nitrogen and oxygen atoms in total. The Morgan fingerprint density at radius 3 is 2.92 bits per heavy atom. The molecule has 1 heteroatoms. The molecule has 0 spiro atoms. The van der Waals surface area contributed by atoms with Gasteiger partial charge in [0, 0.05) is 12.3 Å². The normalized spacial score (nSPS) is 23.2. The standard InChI is InChI=1S/C12H18O/c1-3-4-5-6-11-9-10(2)7-8-12(11)13/h3,11H,1-2,4-9H2/t11-/m1/s1. The highest BCUT2D eigenvalue weighted by Gasteiger charge is 2.23. The molecule has 0 unspecified atom stereocenters. The van der Waals surface area contributed by atoms with Crippen LogP contribution >= 0.6 is 0 Å². The second-order valence-electron chi connectivity index (χ2n) is 3.84. The summed E-state index contributed by atoms with van der Waals surface area (Å²) in [4.78, 5) is 11.5. The van der Waals surface area contributed by atoms with Crippen molar-refractivity contribution in [2.45, 2.75) is 38.5 Å². The molecule has 1 fully saturated rings. The van der Waals surface area contributed by atoms with Gasteiger partial charge < -0.3 is 0 Å². The van der Waals surface area contributed by atoms with E-state index in [1.807, 2.05) is 6.08 Å². The van der Waals surface area contributed by atoms with Crippen LogP contribution in [0.1, 0.15) is 38.5 Å². The Morgan fingerprint density at radius 2 is 2.23 bits per heavy atom. The maximum Gasteiger partial charge on any atom is 0.136 e. The predicted molar refractivity (Wildman–Crippen MR) is 55.5 cm³/mol. The van der Waals surface area contributed by atoms with Crippen LogP contribution in [0.4, 0.5) is 0 Å². The topological polar surface area (TPSA) is 17.1 Å². The van der Waals surface area contributed by atoms with Crippen molar-refractivity contribution in [1.29, 1.82) is 0 Å². The minimum Gasteiger partial charge on any atom is -0.299 e. The first-order valence-corrected chi connectivity index (χ1v) is 5.04. The van der Waals surface area contributed by atoms with Gasteiger partial charge in [0.05, 0.1) is 0 Å². The minimum atomic E-state index is 0.265. The third kappa shape index (κ3) is 3.17. The van der Waals surface area contributed by atoms with Crippen LogP contribution in [0.25, 0.3) is 0 Å². The summed E-state index contributed by atoms with van der Waals surface area (Å²) in [5, 5.41) is 0. The molecule has 1 aliphatic carbocycles. The van der Waals surface area contributed by atoms with Crippen molar-refractivity contribution in [3.8, 4) is 0 Å². The largest absolute Gasteiger partial charge is 0.299 e. The van der Waals surface area contributed by atoms with Crippen LogP contribution in [0.5, 0.6) is 0 Å². The molecular weight excluding hydrogens is 160 g/mol. The predicted octanol–water partition coefficient (Wildman–Crippen LogP) is 3.27. The lowest BCUT2D eigenvalue weighted by Crippen LogP contribution is -2.19. The zero-order valence-corrected chi connectivity index (χ0v) is 8.22. The third-order valence-electron chi connectivity index (χ3n) is 2.68. The fourth-order valence-corrected chi connectivity index (χ4v) is 1.84. The molecule has 0 radical (unpaired) electrons. The van der Waals surface area contributed by atoms with E-state index < -0.39 is 0 Å². The Bertz CT molecular complexity index is 215. The number of allylic oxidation sites excluding steroid dienone is 2. The van der Waals surface area contributed by atoms with E-state index in [4.69, 9.17) is 0 Å². The summed E-state index contributed by atoms with van der Waals surface area (Å²) < 4.78 is 0. The van der Waals surface area contributed by atoms with Gasteiger partial charge in [0.2, 0.25) is 0 Å². The number of rotatable bonds is 4. The number of ketones is 1. The van der Waals surface area contributed by atoms with E-state index in [2.05, 4.69) is 13.2 Å². The molecule has 0 aromatic carbocycles. The lowest BCUT2D eigenvalue weighted by Gasteiger charge is -2.21. The molecule has 0 aliphatic heterocycles. The number of Topliss-reactive ketones (excluding diaryl/α,β-unsaturated/α-hetero) is 1. The van der Waals surface area contributed by atoms with Gasteiger partial charge in [-0.1, -0.05) is 18.2 Å².